The van der Waals surface area contributed by atoms with Gasteiger partial charge in [-0.15, -0.1) is 0 Å². The highest BCUT2D eigenvalue weighted by molar-refractivity contribution is 7.89. The topological polar surface area (TPSA) is 49.4 Å². The van der Waals surface area contributed by atoms with Crippen molar-refractivity contribution in [3.8, 4) is 0 Å². The van der Waals surface area contributed by atoms with Gasteiger partial charge in [0, 0.05) is 12.6 Å². The molecule has 0 aliphatic carbocycles. The highest BCUT2D eigenvalue weighted by Gasteiger charge is 2.25. The zero-order chi connectivity index (χ0) is 17.9. The molecule has 0 bridgehead atoms. The summed E-state index contributed by atoms with van der Waals surface area (Å²) < 4.78 is 40.7. The van der Waals surface area contributed by atoms with Crippen LogP contribution in [-0.2, 0) is 10.0 Å². The van der Waals surface area contributed by atoms with Crippen LogP contribution in [0.2, 0.25) is 0 Å². The minimum Gasteiger partial charge on any atom is -0.295 e. The molecule has 2 aromatic carbocycles. The third kappa shape index (κ3) is 4.45. The normalized spacial score (nSPS) is 16.9. The molecule has 3 rings (SSSR count). The molecule has 1 saturated heterocycles. The van der Waals surface area contributed by atoms with Crippen molar-refractivity contribution in [2.75, 3.05) is 19.6 Å². The van der Waals surface area contributed by atoms with Gasteiger partial charge in [-0.1, -0.05) is 29.8 Å². The molecule has 25 heavy (non-hydrogen) atoms. The molecular formula is C19H23FN2O2S. The Balaban J connectivity index is 1.78. The zero-order valence-corrected chi connectivity index (χ0v) is 15.1. The van der Waals surface area contributed by atoms with Gasteiger partial charge >= 0.3 is 0 Å². The maximum absolute atomic E-state index is 13.0. The van der Waals surface area contributed by atoms with Crippen molar-refractivity contribution in [1.29, 1.82) is 0 Å². The molecule has 1 aliphatic rings. The van der Waals surface area contributed by atoms with E-state index in [1.807, 2.05) is 19.1 Å². The van der Waals surface area contributed by atoms with E-state index in [4.69, 9.17) is 0 Å². The Kier molecular flexibility index (Phi) is 5.51. The Hall–Kier alpha value is -1.76. The van der Waals surface area contributed by atoms with Crippen LogP contribution in [-0.4, -0.2) is 33.0 Å². The van der Waals surface area contributed by atoms with Crippen molar-refractivity contribution in [1.82, 2.24) is 9.62 Å². The summed E-state index contributed by atoms with van der Waals surface area (Å²) in [5, 5.41) is 0. The molecule has 134 valence electrons. The number of likely N-dealkylation sites (tertiary alicyclic amines) is 1. The summed E-state index contributed by atoms with van der Waals surface area (Å²) in [5.74, 6) is -0.450. The van der Waals surface area contributed by atoms with Crippen molar-refractivity contribution in [2.24, 2.45) is 0 Å². The second-order valence-corrected chi connectivity index (χ2v) is 8.24. The Labute approximate surface area is 148 Å². The molecule has 0 amide bonds. The number of hydrogen-bond acceptors (Lipinski definition) is 3. The van der Waals surface area contributed by atoms with E-state index in [-0.39, 0.29) is 10.9 Å². The van der Waals surface area contributed by atoms with Crippen molar-refractivity contribution < 1.29 is 12.8 Å². The summed E-state index contributed by atoms with van der Waals surface area (Å²) in [5.41, 5.74) is 2.28. The molecule has 1 atom stereocenters. The molecule has 0 spiro atoms. The van der Waals surface area contributed by atoms with Crippen molar-refractivity contribution in [3.63, 3.8) is 0 Å². The van der Waals surface area contributed by atoms with E-state index in [0.717, 1.165) is 43.6 Å². The number of rotatable bonds is 6. The van der Waals surface area contributed by atoms with Gasteiger partial charge in [0.15, 0.2) is 0 Å². The van der Waals surface area contributed by atoms with Crippen molar-refractivity contribution >= 4 is 10.0 Å². The molecule has 4 nitrogen and oxygen atoms in total. The lowest BCUT2D eigenvalue weighted by Crippen LogP contribution is -2.36. The van der Waals surface area contributed by atoms with E-state index in [2.05, 4.69) is 21.8 Å². The van der Waals surface area contributed by atoms with E-state index in [1.54, 1.807) is 0 Å². The largest absolute Gasteiger partial charge is 0.295 e. The molecule has 0 aromatic heterocycles. The van der Waals surface area contributed by atoms with E-state index in [1.165, 1.54) is 17.7 Å². The van der Waals surface area contributed by atoms with Crippen LogP contribution >= 0.6 is 0 Å². The van der Waals surface area contributed by atoms with E-state index < -0.39 is 15.8 Å². The van der Waals surface area contributed by atoms with Crippen LogP contribution in [0.3, 0.4) is 0 Å². The highest BCUT2D eigenvalue weighted by atomic mass is 32.2. The molecule has 2 aromatic rings. The van der Waals surface area contributed by atoms with Gasteiger partial charge < -0.3 is 0 Å². The average molecular weight is 362 g/mol. The fourth-order valence-electron chi connectivity index (χ4n) is 3.19. The van der Waals surface area contributed by atoms with Crippen LogP contribution in [0.15, 0.2) is 53.4 Å². The Morgan fingerprint density at radius 1 is 1.04 bits per heavy atom. The highest BCUT2D eigenvalue weighted by Crippen LogP contribution is 2.25. The maximum Gasteiger partial charge on any atom is 0.240 e. The summed E-state index contributed by atoms with van der Waals surface area (Å²) >= 11 is 0. The predicted octanol–water partition coefficient (Wildman–Crippen LogP) is 3.25. The molecule has 1 unspecified atom stereocenters. The number of benzene rings is 2. The molecule has 6 heteroatoms. The Morgan fingerprint density at radius 2 is 1.64 bits per heavy atom. The fraction of sp³-hybridized carbons (Fsp3) is 0.368. The predicted molar refractivity (Wildman–Crippen MR) is 96.3 cm³/mol. The van der Waals surface area contributed by atoms with Gasteiger partial charge in [-0.25, -0.2) is 17.5 Å². The first-order valence-corrected chi connectivity index (χ1v) is 10.00. The van der Waals surface area contributed by atoms with Crippen LogP contribution in [0.5, 0.6) is 0 Å². The molecular weight excluding hydrogens is 339 g/mol. The number of sulfonamides is 1. The first kappa shape index (κ1) is 18.0. The van der Waals surface area contributed by atoms with Gasteiger partial charge in [0.1, 0.15) is 5.82 Å². The van der Waals surface area contributed by atoms with Crippen molar-refractivity contribution in [2.45, 2.75) is 30.7 Å². The van der Waals surface area contributed by atoms with Crippen LogP contribution < -0.4 is 4.72 Å². The van der Waals surface area contributed by atoms with Gasteiger partial charge in [-0.05, 0) is 62.7 Å². The van der Waals surface area contributed by atoms with Gasteiger partial charge in [-0.3, -0.25) is 4.90 Å². The average Bonchev–Trinajstić information content (AvgIpc) is 3.11. The van der Waals surface area contributed by atoms with Gasteiger partial charge in [-0.2, -0.15) is 0 Å². The standard InChI is InChI=1S/C19H23FN2O2S/c1-15-4-6-16(7-5-15)19(22-12-2-3-13-22)14-21-25(23,24)18-10-8-17(20)9-11-18/h4-11,19,21H,2-3,12-14H2,1H3. The second-order valence-electron chi connectivity index (χ2n) is 6.48. The van der Waals surface area contributed by atoms with Gasteiger partial charge in [0.05, 0.1) is 4.90 Å². The first-order valence-electron chi connectivity index (χ1n) is 8.51. The van der Waals surface area contributed by atoms with E-state index >= 15 is 0 Å². The minimum absolute atomic E-state index is 0.00155. The zero-order valence-electron chi connectivity index (χ0n) is 14.3. The SMILES string of the molecule is Cc1ccc(C(CNS(=O)(=O)c2ccc(F)cc2)N2CCCC2)cc1. The Bertz CT molecular complexity index is 798. The maximum atomic E-state index is 13.0. The number of nitrogens with zero attached hydrogens (tertiary/aromatic N) is 1. The monoisotopic (exact) mass is 362 g/mol. The molecule has 0 saturated carbocycles. The molecule has 1 N–H and O–H groups in total. The number of hydrogen-bond donors (Lipinski definition) is 1. The molecule has 0 radical (unpaired) electrons. The summed E-state index contributed by atoms with van der Waals surface area (Å²) in [4.78, 5) is 2.40. The van der Waals surface area contributed by atoms with Crippen LogP contribution in [0, 0.1) is 12.7 Å². The summed E-state index contributed by atoms with van der Waals surface area (Å²) in [6, 6.07) is 13.1. The lowest BCUT2D eigenvalue weighted by Gasteiger charge is -2.28. The lowest BCUT2D eigenvalue weighted by atomic mass is 10.0. The van der Waals surface area contributed by atoms with Crippen LogP contribution in [0.4, 0.5) is 4.39 Å². The van der Waals surface area contributed by atoms with Gasteiger partial charge in [0.25, 0.3) is 0 Å². The number of halogens is 1. The molecule has 1 heterocycles. The Morgan fingerprint density at radius 3 is 2.24 bits per heavy atom. The summed E-state index contributed by atoms with van der Waals surface area (Å²) in [6.07, 6.45) is 2.26. The summed E-state index contributed by atoms with van der Waals surface area (Å²) in [6.45, 7) is 4.27. The van der Waals surface area contributed by atoms with E-state index in [0.29, 0.717) is 6.54 Å². The second kappa shape index (κ2) is 7.64. The molecule has 1 fully saturated rings. The van der Waals surface area contributed by atoms with Gasteiger partial charge in [0.2, 0.25) is 10.0 Å². The molecule has 1 aliphatic heterocycles. The lowest BCUT2D eigenvalue weighted by molar-refractivity contribution is 0.246. The fourth-order valence-corrected chi connectivity index (χ4v) is 4.22. The van der Waals surface area contributed by atoms with E-state index in [9.17, 15) is 12.8 Å². The van der Waals surface area contributed by atoms with Crippen molar-refractivity contribution in [3.05, 3.63) is 65.5 Å². The smallest absolute Gasteiger partial charge is 0.240 e. The third-order valence-corrected chi connectivity index (χ3v) is 6.07. The number of nitrogens with one attached hydrogen (secondary N) is 1. The number of aryl methyl sites for hydroxylation is 1. The third-order valence-electron chi connectivity index (χ3n) is 4.63. The van der Waals surface area contributed by atoms with Crippen LogP contribution in [0.25, 0.3) is 0 Å². The summed E-state index contributed by atoms with van der Waals surface area (Å²) in [7, 11) is -3.66. The minimum atomic E-state index is -3.66. The quantitative estimate of drug-likeness (QED) is 0.858. The van der Waals surface area contributed by atoms with Crippen LogP contribution in [0.1, 0.15) is 30.0 Å². The first-order chi connectivity index (χ1) is 12.0.